The Kier molecular flexibility index (Phi) is 4.74. The van der Waals surface area contributed by atoms with Gasteiger partial charge in [-0.25, -0.2) is 13.1 Å². The van der Waals surface area contributed by atoms with Crippen LogP contribution in [0.25, 0.3) is 6.08 Å². The topological polar surface area (TPSA) is 66.4 Å². The molecule has 5 heteroatoms. The van der Waals surface area contributed by atoms with Gasteiger partial charge in [0.1, 0.15) is 0 Å². The first-order valence-corrected chi connectivity index (χ1v) is 8.02. The lowest BCUT2D eigenvalue weighted by Gasteiger charge is -2.13. The van der Waals surface area contributed by atoms with Gasteiger partial charge in [0.25, 0.3) is 0 Å². The van der Waals surface area contributed by atoms with Crippen molar-refractivity contribution in [3.05, 3.63) is 41.3 Å². The quantitative estimate of drug-likeness (QED) is 0.864. The molecule has 0 spiro atoms. The van der Waals surface area contributed by atoms with E-state index in [9.17, 15) is 13.5 Å². The Labute approximate surface area is 114 Å². The molecule has 1 aliphatic rings. The van der Waals surface area contributed by atoms with E-state index in [1.54, 1.807) is 6.08 Å². The van der Waals surface area contributed by atoms with Crippen LogP contribution in [0.4, 0.5) is 0 Å². The summed E-state index contributed by atoms with van der Waals surface area (Å²) in [5.41, 5.74) is 0.841. The molecule has 2 N–H and O–H groups in total. The molecule has 1 fully saturated rings. The van der Waals surface area contributed by atoms with Gasteiger partial charge in [0.15, 0.2) is 0 Å². The number of rotatable bonds is 5. The van der Waals surface area contributed by atoms with Gasteiger partial charge in [-0.3, -0.25) is 0 Å². The molecule has 1 saturated carbocycles. The number of aliphatic hydroxyl groups excluding tert-OH is 1. The van der Waals surface area contributed by atoms with Gasteiger partial charge in [0.05, 0.1) is 6.10 Å². The number of sulfonamides is 1. The number of nitrogens with one attached hydrogen (secondary N) is 1. The first-order chi connectivity index (χ1) is 9.07. The zero-order valence-corrected chi connectivity index (χ0v) is 11.5. The Morgan fingerprint density at radius 3 is 2.63 bits per heavy atom. The summed E-state index contributed by atoms with van der Waals surface area (Å²) in [4.78, 5) is 0. The van der Waals surface area contributed by atoms with E-state index in [0.717, 1.165) is 24.8 Å². The van der Waals surface area contributed by atoms with Crippen LogP contribution in [0.1, 0.15) is 24.8 Å². The Morgan fingerprint density at radius 2 is 2.00 bits per heavy atom. The van der Waals surface area contributed by atoms with E-state index < -0.39 is 10.0 Å². The summed E-state index contributed by atoms with van der Waals surface area (Å²) < 4.78 is 26.1. The monoisotopic (exact) mass is 281 g/mol. The number of aliphatic hydroxyl groups is 1. The molecule has 2 unspecified atom stereocenters. The van der Waals surface area contributed by atoms with Crippen molar-refractivity contribution in [2.75, 3.05) is 6.54 Å². The molecule has 19 heavy (non-hydrogen) atoms. The second-order valence-corrected chi connectivity index (χ2v) is 6.52. The molecule has 0 amide bonds. The normalized spacial score (nSPS) is 24.1. The predicted octanol–water partition coefficient (Wildman–Crippen LogP) is 1.74. The summed E-state index contributed by atoms with van der Waals surface area (Å²) in [5.74, 6) is 0.0416. The zero-order valence-electron chi connectivity index (χ0n) is 10.7. The van der Waals surface area contributed by atoms with E-state index in [4.69, 9.17) is 0 Å². The average molecular weight is 281 g/mol. The third-order valence-electron chi connectivity index (χ3n) is 3.40. The fourth-order valence-corrected chi connectivity index (χ4v) is 3.14. The molecule has 104 valence electrons. The van der Waals surface area contributed by atoms with Gasteiger partial charge in [-0.15, -0.1) is 0 Å². The molecule has 1 aromatic carbocycles. The molecule has 0 radical (unpaired) electrons. The molecule has 1 aromatic rings. The van der Waals surface area contributed by atoms with Crippen LogP contribution >= 0.6 is 0 Å². The SMILES string of the molecule is O=S(=O)(/C=C/c1ccccc1)NCC1CCCC1O. The summed E-state index contributed by atoms with van der Waals surface area (Å²) in [6.07, 6.45) is 3.81. The van der Waals surface area contributed by atoms with E-state index in [2.05, 4.69) is 4.72 Å². The summed E-state index contributed by atoms with van der Waals surface area (Å²) in [5, 5.41) is 10.8. The molecule has 0 heterocycles. The van der Waals surface area contributed by atoms with Crippen LogP contribution in [-0.4, -0.2) is 26.2 Å². The van der Waals surface area contributed by atoms with Gasteiger partial charge >= 0.3 is 0 Å². The maximum Gasteiger partial charge on any atom is 0.233 e. The molecule has 2 rings (SSSR count). The van der Waals surface area contributed by atoms with Crippen LogP contribution < -0.4 is 4.72 Å². The third-order valence-corrected chi connectivity index (χ3v) is 4.47. The number of benzene rings is 1. The van der Waals surface area contributed by atoms with E-state index in [-0.39, 0.29) is 12.0 Å². The average Bonchev–Trinajstić information content (AvgIpc) is 2.81. The van der Waals surface area contributed by atoms with Crippen LogP contribution in [0.3, 0.4) is 0 Å². The van der Waals surface area contributed by atoms with Crippen molar-refractivity contribution in [2.45, 2.75) is 25.4 Å². The summed E-state index contributed by atoms with van der Waals surface area (Å²) in [6.45, 7) is 0.308. The first-order valence-electron chi connectivity index (χ1n) is 6.48. The zero-order chi connectivity index (χ0) is 13.7. The molecular weight excluding hydrogens is 262 g/mol. The predicted molar refractivity (Wildman–Crippen MR) is 75.7 cm³/mol. The molecular formula is C14H19NO3S. The van der Waals surface area contributed by atoms with Gasteiger partial charge in [0.2, 0.25) is 10.0 Å². The molecule has 0 saturated heterocycles. The maximum absolute atomic E-state index is 11.8. The Balaban J connectivity index is 1.90. The third kappa shape index (κ3) is 4.45. The van der Waals surface area contributed by atoms with Gasteiger partial charge < -0.3 is 5.11 Å². The standard InChI is InChI=1S/C14H19NO3S/c16-14-8-4-7-13(14)11-15-19(17,18)10-9-12-5-2-1-3-6-12/h1-3,5-6,9-10,13-16H,4,7-8,11H2/b10-9+. The van der Waals surface area contributed by atoms with Crippen LogP contribution in [0.5, 0.6) is 0 Å². The van der Waals surface area contributed by atoms with Crippen LogP contribution in [0, 0.1) is 5.92 Å². The van der Waals surface area contributed by atoms with Crippen molar-refractivity contribution in [1.82, 2.24) is 4.72 Å². The minimum absolute atomic E-state index is 0.0416. The van der Waals surface area contributed by atoms with Crippen molar-refractivity contribution in [2.24, 2.45) is 5.92 Å². The fraction of sp³-hybridized carbons (Fsp3) is 0.429. The highest BCUT2D eigenvalue weighted by molar-refractivity contribution is 7.92. The summed E-state index contributed by atoms with van der Waals surface area (Å²) >= 11 is 0. The second kappa shape index (κ2) is 6.32. The molecule has 0 bridgehead atoms. The van der Waals surface area contributed by atoms with E-state index in [1.807, 2.05) is 30.3 Å². The minimum atomic E-state index is -3.43. The number of hydrogen-bond donors (Lipinski definition) is 2. The second-order valence-electron chi connectivity index (χ2n) is 4.87. The van der Waals surface area contributed by atoms with Gasteiger partial charge in [0, 0.05) is 12.0 Å². The molecule has 0 aliphatic heterocycles. The highest BCUT2D eigenvalue weighted by Gasteiger charge is 2.25. The smallest absolute Gasteiger partial charge is 0.233 e. The van der Waals surface area contributed by atoms with E-state index in [0.29, 0.717) is 6.54 Å². The van der Waals surface area contributed by atoms with Crippen molar-refractivity contribution in [1.29, 1.82) is 0 Å². The Morgan fingerprint density at radius 1 is 1.26 bits per heavy atom. The minimum Gasteiger partial charge on any atom is -0.393 e. The summed E-state index contributed by atoms with van der Waals surface area (Å²) in [6, 6.07) is 9.27. The highest BCUT2D eigenvalue weighted by Crippen LogP contribution is 2.24. The van der Waals surface area contributed by atoms with Crippen molar-refractivity contribution in [3.8, 4) is 0 Å². The molecule has 0 aromatic heterocycles. The van der Waals surface area contributed by atoms with Crippen molar-refractivity contribution >= 4 is 16.1 Å². The number of hydrogen-bond acceptors (Lipinski definition) is 3. The molecule has 2 atom stereocenters. The van der Waals surface area contributed by atoms with Gasteiger partial charge in [-0.2, -0.15) is 0 Å². The maximum atomic E-state index is 11.8. The summed E-state index contributed by atoms with van der Waals surface area (Å²) in [7, 11) is -3.43. The fourth-order valence-electron chi connectivity index (χ4n) is 2.26. The van der Waals surface area contributed by atoms with E-state index in [1.165, 1.54) is 5.41 Å². The lowest BCUT2D eigenvalue weighted by Crippen LogP contribution is -2.31. The lowest BCUT2D eigenvalue weighted by molar-refractivity contribution is 0.135. The van der Waals surface area contributed by atoms with Gasteiger partial charge in [-0.05, 0) is 30.4 Å². The van der Waals surface area contributed by atoms with Crippen LogP contribution in [0.2, 0.25) is 0 Å². The van der Waals surface area contributed by atoms with Crippen molar-refractivity contribution < 1.29 is 13.5 Å². The van der Waals surface area contributed by atoms with Crippen LogP contribution in [-0.2, 0) is 10.0 Å². The van der Waals surface area contributed by atoms with Crippen molar-refractivity contribution in [3.63, 3.8) is 0 Å². The molecule has 4 nitrogen and oxygen atoms in total. The van der Waals surface area contributed by atoms with Gasteiger partial charge in [-0.1, -0.05) is 36.8 Å². The Bertz CT molecular complexity index is 525. The largest absolute Gasteiger partial charge is 0.393 e. The first kappa shape index (κ1) is 14.2. The molecule has 1 aliphatic carbocycles. The highest BCUT2D eigenvalue weighted by atomic mass is 32.2. The lowest BCUT2D eigenvalue weighted by atomic mass is 10.1. The van der Waals surface area contributed by atoms with Crippen LogP contribution in [0.15, 0.2) is 35.7 Å². The Hall–Kier alpha value is -1.17. The van der Waals surface area contributed by atoms with E-state index >= 15 is 0 Å².